The van der Waals surface area contributed by atoms with E-state index in [1.165, 1.54) is 27.9 Å². The van der Waals surface area contributed by atoms with E-state index in [1.54, 1.807) is 56.6 Å². The highest BCUT2D eigenvalue weighted by atomic mass is 19.1. The van der Waals surface area contributed by atoms with Crippen molar-refractivity contribution >= 4 is 17.6 Å². The molecule has 6 nitrogen and oxygen atoms in total. The second-order valence-electron chi connectivity index (χ2n) is 6.20. The molecule has 0 aliphatic carbocycles. The Hall–Kier alpha value is -3.48. The van der Waals surface area contributed by atoms with E-state index in [2.05, 4.69) is 10.4 Å². The van der Waals surface area contributed by atoms with E-state index in [4.69, 9.17) is 0 Å². The van der Waals surface area contributed by atoms with Crippen molar-refractivity contribution in [2.24, 2.45) is 0 Å². The first-order valence-corrected chi connectivity index (χ1v) is 8.34. The Morgan fingerprint density at radius 2 is 1.81 bits per heavy atom. The van der Waals surface area contributed by atoms with Gasteiger partial charge in [0, 0.05) is 36.9 Å². The van der Waals surface area contributed by atoms with Gasteiger partial charge in [-0.2, -0.15) is 5.10 Å². The fraction of sp³-hybridized carbons (Fsp3) is 0.150. The third-order valence-corrected chi connectivity index (χ3v) is 4.01. The lowest BCUT2D eigenvalue weighted by Gasteiger charge is -2.12. The number of anilines is 1. The molecule has 0 atom stereocenters. The molecule has 7 heteroatoms. The molecule has 0 aliphatic rings. The van der Waals surface area contributed by atoms with Crippen LogP contribution in [-0.4, -0.2) is 40.6 Å². The third-order valence-electron chi connectivity index (χ3n) is 4.01. The SMILES string of the molecule is CN(C)C(=O)c1cccc(C(=O)Nc2ccnn2Cc2ccccc2F)c1. The van der Waals surface area contributed by atoms with Crippen molar-refractivity contribution in [2.45, 2.75) is 6.54 Å². The zero-order chi connectivity index (χ0) is 19.4. The van der Waals surface area contributed by atoms with Crippen molar-refractivity contribution in [3.63, 3.8) is 0 Å². The van der Waals surface area contributed by atoms with Crippen LogP contribution in [-0.2, 0) is 6.54 Å². The fourth-order valence-electron chi connectivity index (χ4n) is 2.59. The van der Waals surface area contributed by atoms with E-state index in [-0.39, 0.29) is 24.2 Å². The summed E-state index contributed by atoms with van der Waals surface area (Å²) >= 11 is 0. The Balaban J connectivity index is 1.78. The standard InChI is InChI=1S/C20H19FN4O2/c1-24(2)20(27)15-8-5-7-14(12-15)19(26)23-18-10-11-22-25(18)13-16-6-3-4-9-17(16)21/h3-12H,13H2,1-2H3,(H,23,26). The van der Waals surface area contributed by atoms with Crippen LogP contribution in [0.2, 0.25) is 0 Å². The summed E-state index contributed by atoms with van der Waals surface area (Å²) in [6.45, 7) is 0.189. The van der Waals surface area contributed by atoms with Gasteiger partial charge in [-0.1, -0.05) is 24.3 Å². The number of carbonyl (C=O) groups excluding carboxylic acids is 2. The average Bonchev–Trinajstić information content (AvgIpc) is 3.09. The summed E-state index contributed by atoms with van der Waals surface area (Å²) in [7, 11) is 3.30. The normalized spacial score (nSPS) is 10.5. The monoisotopic (exact) mass is 366 g/mol. The van der Waals surface area contributed by atoms with Crippen LogP contribution in [0.15, 0.2) is 60.8 Å². The van der Waals surface area contributed by atoms with Crippen LogP contribution < -0.4 is 5.32 Å². The van der Waals surface area contributed by atoms with Crippen LogP contribution in [0.25, 0.3) is 0 Å². The van der Waals surface area contributed by atoms with Gasteiger partial charge in [0.1, 0.15) is 11.6 Å². The van der Waals surface area contributed by atoms with E-state index in [1.807, 2.05) is 0 Å². The van der Waals surface area contributed by atoms with Gasteiger partial charge in [-0.15, -0.1) is 0 Å². The lowest BCUT2D eigenvalue weighted by atomic mass is 10.1. The molecule has 0 bridgehead atoms. The smallest absolute Gasteiger partial charge is 0.256 e. The van der Waals surface area contributed by atoms with E-state index in [9.17, 15) is 14.0 Å². The zero-order valence-corrected chi connectivity index (χ0v) is 15.0. The van der Waals surface area contributed by atoms with Gasteiger partial charge in [0.2, 0.25) is 0 Å². The molecule has 0 saturated carbocycles. The van der Waals surface area contributed by atoms with Crippen LogP contribution in [0, 0.1) is 5.82 Å². The molecular formula is C20H19FN4O2. The summed E-state index contributed by atoms with van der Waals surface area (Å²) in [5.41, 5.74) is 1.24. The number of hydrogen-bond donors (Lipinski definition) is 1. The summed E-state index contributed by atoms with van der Waals surface area (Å²) in [6.07, 6.45) is 1.53. The van der Waals surface area contributed by atoms with E-state index >= 15 is 0 Å². The molecule has 2 amide bonds. The maximum Gasteiger partial charge on any atom is 0.256 e. The number of nitrogens with one attached hydrogen (secondary N) is 1. The van der Waals surface area contributed by atoms with Gasteiger partial charge < -0.3 is 10.2 Å². The summed E-state index contributed by atoms with van der Waals surface area (Å²) < 4.78 is 15.4. The first kappa shape index (κ1) is 18.3. The van der Waals surface area contributed by atoms with Gasteiger partial charge in [-0.25, -0.2) is 9.07 Å². The molecule has 138 valence electrons. The summed E-state index contributed by atoms with van der Waals surface area (Å²) in [5.74, 6) is -0.458. The number of nitrogens with zero attached hydrogens (tertiary/aromatic N) is 3. The molecule has 0 fully saturated rings. The number of benzene rings is 2. The number of rotatable bonds is 5. The van der Waals surface area contributed by atoms with Crippen molar-refractivity contribution in [2.75, 3.05) is 19.4 Å². The molecule has 0 unspecified atom stereocenters. The Morgan fingerprint density at radius 1 is 1.07 bits per heavy atom. The molecular weight excluding hydrogens is 347 g/mol. The van der Waals surface area contributed by atoms with Crippen molar-refractivity contribution in [3.8, 4) is 0 Å². The predicted octanol–water partition coefficient (Wildman–Crippen LogP) is 3.02. The Kier molecular flexibility index (Phi) is 5.30. The second-order valence-corrected chi connectivity index (χ2v) is 6.20. The van der Waals surface area contributed by atoms with Crippen molar-refractivity contribution < 1.29 is 14.0 Å². The van der Waals surface area contributed by atoms with Crippen molar-refractivity contribution in [1.82, 2.24) is 14.7 Å². The molecule has 2 aromatic carbocycles. The molecule has 1 N–H and O–H groups in total. The van der Waals surface area contributed by atoms with Crippen LogP contribution in [0.5, 0.6) is 0 Å². The molecule has 3 aromatic rings. The highest BCUT2D eigenvalue weighted by Gasteiger charge is 2.14. The maximum absolute atomic E-state index is 13.9. The minimum Gasteiger partial charge on any atom is -0.345 e. The highest BCUT2D eigenvalue weighted by Crippen LogP contribution is 2.15. The third kappa shape index (κ3) is 4.20. The van der Waals surface area contributed by atoms with E-state index in [0.29, 0.717) is 22.5 Å². The van der Waals surface area contributed by atoms with Gasteiger partial charge in [-0.3, -0.25) is 9.59 Å². The molecule has 0 aliphatic heterocycles. The van der Waals surface area contributed by atoms with Gasteiger partial charge >= 0.3 is 0 Å². The van der Waals surface area contributed by atoms with Crippen molar-refractivity contribution in [3.05, 3.63) is 83.3 Å². The predicted molar refractivity (Wildman–Crippen MR) is 100 cm³/mol. The first-order chi connectivity index (χ1) is 13.0. The maximum atomic E-state index is 13.9. The Bertz CT molecular complexity index is 981. The van der Waals surface area contributed by atoms with Gasteiger partial charge in [0.15, 0.2) is 0 Å². The quantitative estimate of drug-likeness (QED) is 0.755. The number of aromatic nitrogens is 2. The number of amides is 2. The number of carbonyl (C=O) groups is 2. The van der Waals surface area contributed by atoms with Gasteiger partial charge in [0.25, 0.3) is 11.8 Å². The van der Waals surface area contributed by atoms with Crippen LogP contribution >= 0.6 is 0 Å². The minimum absolute atomic E-state index is 0.186. The Morgan fingerprint density at radius 3 is 2.56 bits per heavy atom. The number of halogens is 1. The summed E-state index contributed by atoms with van der Waals surface area (Å²) in [5, 5.41) is 6.90. The molecule has 1 heterocycles. The lowest BCUT2D eigenvalue weighted by molar-refractivity contribution is 0.0827. The molecule has 1 aromatic heterocycles. The Labute approximate surface area is 156 Å². The average molecular weight is 366 g/mol. The van der Waals surface area contributed by atoms with Gasteiger partial charge in [-0.05, 0) is 24.3 Å². The zero-order valence-electron chi connectivity index (χ0n) is 15.0. The topological polar surface area (TPSA) is 67.2 Å². The van der Waals surface area contributed by atoms with Crippen LogP contribution in [0.4, 0.5) is 10.2 Å². The first-order valence-electron chi connectivity index (χ1n) is 8.34. The summed E-state index contributed by atoms with van der Waals surface area (Å²) in [6, 6.07) is 14.5. The van der Waals surface area contributed by atoms with Crippen LogP contribution in [0.3, 0.4) is 0 Å². The molecule has 3 rings (SSSR count). The molecule has 0 radical (unpaired) electrons. The lowest BCUT2D eigenvalue weighted by Crippen LogP contribution is -2.22. The minimum atomic E-state index is -0.376. The summed E-state index contributed by atoms with van der Waals surface area (Å²) in [4.78, 5) is 26.1. The second kappa shape index (κ2) is 7.82. The number of hydrogen-bond acceptors (Lipinski definition) is 3. The largest absolute Gasteiger partial charge is 0.345 e. The molecule has 0 spiro atoms. The molecule has 27 heavy (non-hydrogen) atoms. The van der Waals surface area contributed by atoms with E-state index < -0.39 is 0 Å². The van der Waals surface area contributed by atoms with Crippen LogP contribution in [0.1, 0.15) is 26.3 Å². The van der Waals surface area contributed by atoms with E-state index in [0.717, 1.165) is 0 Å². The van der Waals surface area contributed by atoms with Crippen molar-refractivity contribution in [1.29, 1.82) is 0 Å². The highest BCUT2D eigenvalue weighted by molar-refractivity contribution is 6.05. The van der Waals surface area contributed by atoms with Gasteiger partial charge in [0.05, 0.1) is 12.7 Å². The molecule has 0 saturated heterocycles. The fourth-order valence-corrected chi connectivity index (χ4v) is 2.59.